The highest BCUT2D eigenvalue weighted by atomic mass is 35.5. The van der Waals surface area contributed by atoms with E-state index in [0.717, 1.165) is 5.56 Å². The molecule has 1 aromatic heterocycles. The van der Waals surface area contributed by atoms with Crippen LogP contribution >= 0.6 is 11.6 Å². The molecule has 0 radical (unpaired) electrons. The van der Waals surface area contributed by atoms with E-state index in [1.165, 1.54) is 11.0 Å². The van der Waals surface area contributed by atoms with Gasteiger partial charge in [0, 0.05) is 11.1 Å². The minimum Gasteiger partial charge on any atom is -0.369 e. The standard InChI is InChI=1S/C21H26ClN5O3/c1-12(2)21(4)10-18(28)27(20(23)25-21)11-16-9-17(26-30-16)19(29)24-13(3)14-6-5-7-15(22)8-14/h5-9,12-13H,10-11H2,1-4H3,(H2,23,25)(H,24,29). The van der Waals surface area contributed by atoms with E-state index in [-0.39, 0.29) is 42.5 Å². The lowest BCUT2D eigenvalue weighted by atomic mass is 9.84. The first kappa shape index (κ1) is 21.8. The van der Waals surface area contributed by atoms with E-state index in [9.17, 15) is 9.59 Å². The summed E-state index contributed by atoms with van der Waals surface area (Å²) in [7, 11) is 0. The molecule has 2 heterocycles. The Hall–Kier alpha value is -2.87. The van der Waals surface area contributed by atoms with E-state index in [0.29, 0.717) is 10.8 Å². The van der Waals surface area contributed by atoms with Crippen molar-refractivity contribution in [1.82, 2.24) is 15.4 Å². The Bertz CT molecular complexity index is 987. The van der Waals surface area contributed by atoms with Gasteiger partial charge in [0.1, 0.15) is 0 Å². The summed E-state index contributed by atoms with van der Waals surface area (Å²) in [6.45, 7) is 7.83. The van der Waals surface area contributed by atoms with Crippen LogP contribution in [0.25, 0.3) is 0 Å². The van der Waals surface area contributed by atoms with Gasteiger partial charge in [-0.1, -0.05) is 42.7 Å². The summed E-state index contributed by atoms with van der Waals surface area (Å²) in [6.07, 6.45) is 0.254. The predicted molar refractivity (Wildman–Crippen MR) is 114 cm³/mol. The van der Waals surface area contributed by atoms with E-state index in [4.69, 9.17) is 21.9 Å². The number of carbonyl (C=O) groups excluding carboxylic acids is 2. The van der Waals surface area contributed by atoms with Crippen molar-refractivity contribution >= 4 is 29.4 Å². The molecule has 3 rings (SSSR count). The lowest BCUT2D eigenvalue weighted by Crippen LogP contribution is -2.51. The van der Waals surface area contributed by atoms with Crippen LogP contribution in [0.5, 0.6) is 0 Å². The average Bonchev–Trinajstić information content (AvgIpc) is 3.13. The SMILES string of the molecule is CC(NC(=O)c1cc(CN2C(=O)CC(C)(C(C)C)N=C2N)on1)c1cccc(Cl)c1. The van der Waals surface area contributed by atoms with Crippen LogP contribution in [0, 0.1) is 5.92 Å². The number of aliphatic imine (C=N–C) groups is 1. The van der Waals surface area contributed by atoms with E-state index < -0.39 is 11.4 Å². The first-order valence-electron chi connectivity index (χ1n) is 9.76. The Balaban J connectivity index is 1.68. The number of rotatable bonds is 6. The van der Waals surface area contributed by atoms with Crippen LogP contribution in [0.4, 0.5) is 0 Å². The molecule has 8 nitrogen and oxygen atoms in total. The summed E-state index contributed by atoms with van der Waals surface area (Å²) in [5.74, 6) is 0.117. The summed E-state index contributed by atoms with van der Waals surface area (Å²) in [5.41, 5.74) is 6.50. The monoisotopic (exact) mass is 431 g/mol. The Kier molecular flexibility index (Phi) is 6.17. The topological polar surface area (TPSA) is 114 Å². The Labute approximate surface area is 180 Å². The van der Waals surface area contributed by atoms with Gasteiger partial charge in [-0.15, -0.1) is 0 Å². The number of guanidine groups is 1. The Morgan fingerprint density at radius 3 is 2.73 bits per heavy atom. The fraction of sp³-hybridized carbons (Fsp3) is 0.429. The van der Waals surface area contributed by atoms with Gasteiger partial charge in [0.15, 0.2) is 17.4 Å². The van der Waals surface area contributed by atoms with Crippen LogP contribution in [0.1, 0.15) is 62.0 Å². The van der Waals surface area contributed by atoms with Crippen molar-refractivity contribution in [3.63, 3.8) is 0 Å². The van der Waals surface area contributed by atoms with Crippen LogP contribution in [-0.2, 0) is 11.3 Å². The van der Waals surface area contributed by atoms with E-state index in [1.807, 2.05) is 39.8 Å². The number of aromatic nitrogens is 1. The molecule has 0 aliphatic carbocycles. The second-order valence-corrected chi connectivity index (χ2v) is 8.50. The van der Waals surface area contributed by atoms with Gasteiger partial charge in [-0.05, 0) is 37.5 Å². The number of hydrogen-bond donors (Lipinski definition) is 2. The van der Waals surface area contributed by atoms with E-state index in [2.05, 4.69) is 15.5 Å². The molecule has 1 aliphatic heterocycles. The molecular weight excluding hydrogens is 406 g/mol. The van der Waals surface area contributed by atoms with Crippen LogP contribution in [0.3, 0.4) is 0 Å². The van der Waals surface area contributed by atoms with Crippen molar-refractivity contribution in [2.24, 2.45) is 16.6 Å². The van der Waals surface area contributed by atoms with Crippen molar-refractivity contribution in [2.75, 3.05) is 0 Å². The zero-order valence-corrected chi connectivity index (χ0v) is 18.2. The maximum atomic E-state index is 12.6. The third-order valence-electron chi connectivity index (χ3n) is 5.50. The van der Waals surface area contributed by atoms with Crippen molar-refractivity contribution in [2.45, 2.75) is 52.2 Å². The molecule has 2 amide bonds. The minimum absolute atomic E-state index is 0.0620. The number of benzene rings is 1. The summed E-state index contributed by atoms with van der Waals surface area (Å²) in [5, 5.41) is 7.26. The molecular formula is C21H26ClN5O3. The fourth-order valence-corrected chi connectivity index (χ4v) is 3.37. The molecule has 2 atom stereocenters. The minimum atomic E-state index is -0.527. The molecule has 0 spiro atoms. The molecule has 1 aromatic carbocycles. The van der Waals surface area contributed by atoms with Crippen LogP contribution < -0.4 is 11.1 Å². The second kappa shape index (κ2) is 8.47. The molecule has 0 bridgehead atoms. The van der Waals surface area contributed by atoms with E-state index >= 15 is 0 Å². The van der Waals surface area contributed by atoms with Crippen molar-refractivity contribution in [3.8, 4) is 0 Å². The zero-order chi connectivity index (χ0) is 22.1. The molecule has 3 N–H and O–H groups in total. The highest BCUT2D eigenvalue weighted by Crippen LogP contribution is 2.30. The van der Waals surface area contributed by atoms with Crippen molar-refractivity contribution in [3.05, 3.63) is 52.4 Å². The van der Waals surface area contributed by atoms with Gasteiger partial charge in [0.05, 0.1) is 24.5 Å². The van der Waals surface area contributed by atoms with E-state index in [1.54, 1.807) is 12.1 Å². The number of nitrogens with two attached hydrogens (primary N) is 1. The fourth-order valence-electron chi connectivity index (χ4n) is 3.17. The average molecular weight is 432 g/mol. The largest absolute Gasteiger partial charge is 0.369 e. The number of nitrogens with zero attached hydrogens (tertiary/aromatic N) is 3. The Morgan fingerprint density at radius 2 is 2.10 bits per heavy atom. The molecule has 2 aromatic rings. The van der Waals surface area contributed by atoms with Crippen LogP contribution in [0.15, 0.2) is 39.8 Å². The summed E-state index contributed by atoms with van der Waals surface area (Å²) in [6, 6.07) is 8.48. The molecule has 0 fully saturated rings. The molecule has 30 heavy (non-hydrogen) atoms. The highest BCUT2D eigenvalue weighted by Gasteiger charge is 2.38. The van der Waals surface area contributed by atoms with Crippen molar-refractivity contribution < 1.29 is 14.1 Å². The number of nitrogens with one attached hydrogen (secondary N) is 1. The second-order valence-electron chi connectivity index (χ2n) is 8.07. The van der Waals surface area contributed by atoms with Crippen LogP contribution in [-0.4, -0.2) is 33.4 Å². The molecule has 2 unspecified atom stereocenters. The Morgan fingerprint density at radius 1 is 1.37 bits per heavy atom. The quantitative estimate of drug-likeness (QED) is 0.728. The summed E-state index contributed by atoms with van der Waals surface area (Å²) < 4.78 is 5.25. The molecule has 0 saturated heterocycles. The maximum Gasteiger partial charge on any atom is 0.273 e. The predicted octanol–water partition coefficient (Wildman–Crippen LogP) is 3.28. The van der Waals surface area contributed by atoms with Gasteiger partial charge in [-0.25, -0.2) is 4.99 Å². The molecule has 160 valence electrons. The normalized spacial score (nSPS) is 20.3. The smallest absolute Gasteiger partial charge is 0.273 e. The highest BCUT2D eigenvalue weighted by molar-refractivity contribution is 6.30. The maximum absolute atomic E-state index is 12.6. The van der Waals surface area contributed by atoms with Crippen molar-refractivity contribution in [1.29, 1.82) is 0 Å². The summed E-state index contributed by atoms with van der Waals surface area (Å²) in [4.78, 5) is 31.0. The zero-order valence-electron chi connectivity index (χ0n) is 17.5. The lowest BCUT2D eigenvalue weighted by Gasteiger charge is -2.37. The molecule has 1 aliphatic rings. The number of hydrogen-bond acceptors (Lipinski definition) is 6. The van der Waals surface area contributed by atoms with Gasteiger partial charge in [-0.3, -0.25) is 14.5 Å². The van der Waals surface area contributed by atoms with Crippen LogP contribution in [0.2, 0.25) is 5.02 Å². The molecule has 0 saturated carbocycles. The molecule has 9 heteroatoms. The van der Waals surface area contributed by atoms with Gasteiger partial charge < -0.3 is 15.6 Å². The number of amides is 2. The number of halogens is 1. The lowest BCUT2D eigenvalue weighted by molar-refractivity contribution is -0.130. The van der Waals surface area contributed by atoms with Gasteiger partial charge in [0.25, 0.3) is 5.91 Å². The number of carbonyl (C=O) groups is 2. The third kappa shape index (κ3) is 4.64. The first-order chi connectivity index (χ1) is 14.1. The van der Waals surface area contributed by atoms with Gasteiger partial charge in [0.2, 0.25) is 5.91 Å². The first-order valence-corrected chi connectivity index (χ1v) is 10.1. The third-order valence-corrected chi connectivity index (χ3v) is 5.74. The van der Waals surface area contributed by atoms with Gasteiger partial charge >= 0.3 is 0 Å². The van der Waals surface area contributed by atoms with Gasteiger partial charge in [-0.2, -0.15) is 0 Å². The summed E-state index contributed by atoms with van der Waals surface area (Å²) >= 11 is 6.00.